The molecule has 1 aromatic carbocycles. The molecule has 1 aromatic heterocycles. The topological polar surface area (TPSA) is 69.1 Å². The number of rotatable bonds is 2. The van der Waals surface area contributed by atoms with Crippen LogP contribution in [0, 0.1) is 6.92 Å². The highest BCUT2D eigenvalue weighted by Gasteiger charge is 2.18. The second-order valence-electron chi connectivity index (χ2n) is 3.34. The number of carbonyl (C=O) groups is 1. The van der Waals surface area contributed by atoms with Crippen LogP contribution in [0.2, 0.25) is 5.02 Å². The quantitative estimate of drug-likeness (QED) is 0.814. The Balaban J connectivity index is 2.39. The van der Waals surface area contributed by atoms with Crippen LogP contribution in [-0.2, 0) is 0 Å². The van der Waals surface area contributed by atoms with Crippen molar-refractivity contribution in [2.45, 2.75) is 6.92 Å². The third-order valence-corrected chi connectivity index (χ3v) is 2.48. The predicted octanol–water partition coefficient (Wildman–Crippen LogP) is 2.45. The lowest BCUT2D eigenvalue weighted by Gasteiger charge is -1.98. The van der Waals surface area contributed by atoms with Gasteiger partial charge in [0.05, 0.1) is 0 Å². The highest BCUT2D eigenvalue weighted by molar-refractivity contribution is 6.30. The molecule has 0 aliphatic rings. The molecule has 0 bridgehead atoms. The second kappa shape index (κ2) is 3.98. The molecule has 0 spiro atoms. The van der Waals surface area contributed by atoms with Gasteiger partial charge in [0.15, 0.2) is 11.5 Å². The van der Waals surface area contributed by atoms with Gasteiger partial charge in [-0.1, -0.05) is 16.8 Å². The number of carbonyl (C=O) groups excluding carboxylic acids is 1. The van der Waals surface area contributed by atoms with Gasteiger partial charge in [-0.05, 0) is 31.2 Å². The van der Waals surface area contributed by atoms with Crippen LogP contribution in [0.25, 0.3) is 0 Å². The standard InChI is InChI=1S/C11H9ClN2O2/c1-6-9(13)10(14-16-6)11(15)7-2-4-8(12)5-3-7/h2-5H,13H2,1H3. The normalized spacial score (nSPS) is 10.4. The number of ketones is 1. The first kappa shape index (κ1) is 10.7. The van der Waals surface area contributed by atoms with Crippen molar-refractivity contribution in [2.24, 2.45) is 0 Å². The zero-order valence-electron chi connectivity index (χ0n) is 8.53. The second-order valence-corrected chi connectivity index (χ2v) is 3.77. The Labute approximate surface area is 97.0 Å². The number of nitrogens with zero attached hydrogens (tertiary/aromatic N) is 1. The Bertz CT molecular complexity index is 531. The maximum absolute atomic E-state index is 11.9. The molecule has 16 heavy (non-hydrogen) atoms. The lowest BCUT2D eigenvalue weighted by atomic mass is 10.1. The monoisotopic (exact) mass is 236 g/mol. The highest BCUT2D eigenvalue weighted by atomic mass is 35.5. The summed E-state index contributed by atoms with van der Waals surface area (Å²) in [7, 11) is 0. The smallest absolute Gasteiger partial charge is 0.217 e. The van der Waals surface area contributed by atoms with Crippen LogP contribution in [0.5, 0.6) is 0 Å². The van der Waals surface area contributed by atoms with Crippen LogP contribution in [-0.4, -0.2) is 10.9 Å². The molecule has 1 heterocycles. The van der Waals surface area contributed by atoms with E-state index in [0.717, 1.165) is 0 Å². The Morgan fingerprint density at radius 1 is 1.38 bits per heavy atom. The van der Waals surface area contributed by atoms with Crippen molar-refractivity contribution in [3.63, 3.8) is 0 Å². The van der Waals surface area contributed by atoms with E-state index in [1.807, 2.05) is 0 Å². The summed E-state index contributed by atoms with van der Waals surface area (Å²) in [6, 6.07) is 6.51. The van der Waals surface area contributed by atoms with E-state index in [0.29, 0.717) is 16.3 Å². The minimum Gasteiger partial charge on any atom is -0.394 e. The predicted molar refractivity (Wildman–Crippen MR) is 60.5 cm³/mol. The first-order valence-corrected chi connectivity index (χ1v) is 4.99. The number of halogens is 1. The molecule has 2 rings (SSSR count). The van der Waals surface area contributed by atoms with Crippen LogP contribution < -0.4 is 5.73 Å². The number of aryl methyl sites for hydroxylation is 1. The summed E-state index contributed by atoms with van der Waals surface area (Å²) in [5, 5.41) is 4.20. The fraction of sp³-hybridized carbons (Fsp3) is 0.0909. The molecule has 0 aliphatic heterocycles. The van der Waals surface area contributed by atoms with Crippen molar-refractivity contribution >= 4 is 23.1 Å². The van der Waals surface area contributed by atoms with Gasteiger partial charge in [-0.3, -0.25) is 4.79 Å². The number of aromatic nitrogens is 1. The molecule has 0 unspecified atom stereocenters. The Hall–Kier alpha value is -1.81. The Kier molecular flexibility index (Phi) is 2.66. The lowest BCUT2D eigenvalue weighted by Crippen LogP contribution is -2.04. The highest BCUT2D eigenvalue weighted by Crippen LogP contribution is 2.20. The molecule has 2 N–H and O–H groups in total. The third-order valence-electron chi connectivity index (χ3n) is 2.23. The number of nitrogen functional groups attached to an aromatic ring is 1. The molecule has 5 heteroatoms. The summed E-state index contributed by atoms with van der Waals surface area (Å²) in [5.74, 6) is 0.170. The average molecular weight is 237 g/mol. The van der Waals surface area contributed by atoms with Crippen LogP contribution in [0.1, 0.15) is 21.8 Å². The zero-order chi connectivity index (χ0) is 11.7. The van der Waals surface area contributed by atoms with E-state index in [2.05, 4.69) is 5.16 Å². The summed E-state index contributed by atoms with van der Waals surface area (Å²) in [4.78, 5) is 11.9. The van der Waals surface area contributed by atoms with Gasteiger partial charge in [0.1, 0.15) is 5.69 Å². The molecule has 0 aliphatic carbocycles. The summed E-state index contributed by atoms with van der Waals surface area (Å²) < 4.78 is 4.84. The number of hydrogen-bond donors (Lipinski definition) is 1. The molecule has 0 radical (unpaired) electrons. The van der Waals surface area contributed by atoms with E-state index in [1.165, 1.54) is 0 Å². The first-order chi connectivity index (χ1) is 7.59. The first-order valence-electron chi connectivity index (χ1n) is 4.61. The minimum absolute atomic E-state index is 0.139. The zero-order valence-corrected chi connectivity index (χ0v) is 9.28. The van der Waals surface area contributed by atoms with E-state index in [9.17, 15) is 4.79 Å². The van der Waals surface area contributed by atoms with E-state index in [1.54, 1.807) is 31.2 Å². The van der Waals surface area contributed by atoms with Crippen LogP contribution >= 0.6 is 11.6 Å². The Morgan fingerprint density at radius 3 is 2.50 bits per heavy atom. The molecule has 4 nitrogen and oxygen atoms in total. The molecule has 82 valence electrons. The van der Waals surface area contributed by atoms with Gasteiger partial charge < -0.3 is 10.3 Å². The third kappa shape index (κ3) is 1.79. The summed E-state index contributed by atoms with van der Waals surface area (Å²) in [6.45, 7) is 1.65. The molecule has 0 atom stereocenters. The fourth-order valence-electron chi connectivity index (χ4n) is 1.28. The van der Waals surface area contributed by atoms with Gasteiger partial charge in [0, 0.05) is 10.6 Å². The van der Waals surface area contributed by atoms with Crippen LogP contribution in [0.3, 0.4) is 0 Å². The number of nitrogens with two attached hydrogens (primary N) is 1. The SMILES string of the molecule is Cc1onc(C(=O)c2ccc(Cl)cc2)c1N. The van der Waals surface area contributed by atoms with Crippen molar-refractivity contribution in [1.29, 1.82) is 0 Å². The summed E-state index contributed by atoms with van der Waals surface area (Å²) in [6.07, 6.45) is 0. The van der Waals surface area contributed by atoms with Crippen molar-refractivity contribution in [3.05, 3.63) is 46.3 Å². The summed E-state index contributed by atoms with van der Waals surface area (Å²) >= 11 is 5.73. The van der Waals surface area contributed by atoms with E-state index < -0.39 is 0 Å². The number of hydrogen-bond acceptors (Lipinski definition) is 4. The summed E-state index contributed by atoms with van der Waals surface area (Å²) in [5.41, 5.74) is 6.56. The van der Waals surface area contributed by atoms with Gasteiger partial charge in [-0.15, -0.1) is 0 Å². The van der Waals surface area contributed by atoms with Gasteiger partial charge in [-0.25, -0.2) is 0 Å². The molecule has 0 saturated heterocycles. The molecule has 0 amide bonds. The van der Waals surface area contributed by atoms with Crippen molar-refractivity contribution in [1.82, 2.24) is 5.16 Å². The van der Waals surface area contributed by atoms with Gasteiger partial charge in [-0.2, -0.15) is 0 Å². The molecule has 0 fully saturated rings. The average Bonchev–Trinajstić information content (AvgIpc) is 2.60. The maximum atomic E-state index is 11.9. The van der Waals surface area contributed by atoms with E-state index in [-0.39, 0.29) is 17.2 Å². The van der Waals surface area contributed by atoms with Gasteiger partial charge in [0.2, 0.25) is 5.78 Å². The van der Waals surface area contributed by atoms with Gasteiger partial charge >= 0.3 is 0 Å². The van der Waals surface area contributed by atoms with Crippen molar-refractivity contribution < 1.29 is 9.32 Å². The number of anilines is 1. The fourth-order valence-corrected chi connectivity index (χ4v) is 1.41. The van der Waals surface area contributed by atoms with E-state index in [4.69, 9.17) is 21.9 Å². The molecular formula is C11H9ClN2O2. The number of benzene rings is 1. The minimum atomic E-state index is -0.272. The van der Waals surface area contributed by atoms with Crippen molar-refractivity contribution in [3.8, 4) is 0 Å². The molecular weight excluding hydrogens is 228 g/mol. The van der Waals surface area contributed by atoms with Gasteiger partial charge in [0.25, 0.3) is 0 Å². The molecule has 0 saturated carbocycles. The lowest BCUT2D eigenvalue weighted by molar-refractivity contribution is 0.103. The van der Waals surface area contributed by atoms with Crippen molar-refractivity contribution in [2.75, 3.05) is 5.73 Å². The molecule has 2 aromatic rings. The van der Waals surface area contributed by atoms with Crippen LogP contribution in [0.15, 0.2) is 28.8 Å². The van der Waals surface area contributed by atoms with E-state index >= 15 is 0 Å². The van der Waals surface area contributed by atoms with Crippen LogP contribution in [0.4, 0.5) is 5.69 Å². The Morgan fingerprint density at radius 2 is 2.00 bits per heavy atom. The maximum Gasteiger partial charge on any atom is 0.217 e. The largest absolute Gasteiger partial charge is 0.394 e.